The first-order chi connectivity index (χ1) is 7.29. The van der Waals surface area contributed by atoms with Gasteiger partial charge in [-0.3, -0.25) is 0 Å². The number of nitrogens with zero attached hydrogens (tertiary/aromatic N) is 1. The van der Waals surface area contributed by atoms with E-state index >= 15 is 0 Å². The number of fused-ring (bicyclic) bond motifs is 1. The Morgan fingerprint density at radius 1 is 1.47 bits per heavy atom. The molecule has 0 spiro atoms. The first kappa shape index (κ1) is 10.9. The zero-order chi connectivity index (χ0) is 10.7. The number of rotatable bonds is 4. The zero-order valence-electron chi connectivity index (χ0n) is 8.86. The molecule has 0 saturated carbocycles. The van der Waals surface area contributed by atoms with Crippen LogP contribution >= 0.6 is 23.1 Å². The van der Waals surface area contributed by atoms with E-state index in [2.05, 4.69) is 35.4 Å². The topological polar surface area (TPSA) is 24.9 Å². The van der Waals surface area contributed by atoms with Gasteiger partial charge in [-0.1, -0.05) is 23.9 Å². The molecule has 1 atom stereocenters. The lowest BCUT2D eigenvalue weighted by Crippen LogP contribution is -2.23. The maximum Gasteiger partial charge on any atom is 0.151 e. The Labute approximate surface area is 98.1 Å². The van der Waals surface area contributed by atoms with Gasteiger partial charge in [-0.15, -0.1) is 11.3 Å². The maximum atomic E-state index is 4.57. The summed E-state index contributed by atoms with van der Waals surface area (Å²) in [6.07, 6.45) is 0. The summed E-state index contributed by atoms with van der Waals surface area (Å²) in [6.45, 7) is 2.18. The Kier molecular flexibility index (Phi) is 3.61. The van der Waals surface area contributed by atoms with Gasteiger partial charge in [-0.25, -0.2) is 4.98 Å². The SMILES string of the molecule is CN[C@H](C)CSc1nc2ccccc2s1. The minimum Gasteiger partial charge on any atom is -0.316 e. The summed E-state index contributed by atoms with van der Waals surface area (Å²) < 4.78 is 2.44. The van der Waals surface area contributed by atoms with Crippen LogP contribution in [0.2, 0.25) is 0 Å². The molecule has 2 nitrogen and oxygen atoms in total. The van der Waals surface area contributed by atoms with Gasteiger partial charge in [0.05, 0.1) is 10.2 Å². The van der Waals surface area contributed by atoms with E-state index in [1.807, 2.05) is 24.9 Å². The standard InChI is InChI=1S/C11H14N2S2/c1-8(12-2)7-14-11-13-9-5-3-4-6-10(9)15-11/h3-6,8,12H,7H2,1-2H3/t8-/m1/s1. The van der Waals surface area contributed by atoms with Crippen molar-refractivity contribution in [2.45, 2.75) is 17.3 Å². The third kappa shape index (κ3) is 2.71. The fourth-order valence-electron chi connectivity index (χ4n) is 1.19. The largest absolute Gasteiger partial charge is 0.316 e. The highest BCUT2D eigenvalue weighted by molar-refractivity contribution is 8.01. The minimum atomic E-state index is 0.530. The van der Waals surface area contributed by atoms with Crippen LogP contribution in [0.3, 0.4) is 0 Å². The van der Waals surface area contributed by atoms with E-state index in [1.165, 1.54) is 9.04 Å². The molecule has 0 radical (unpaired) electrons. The van der Waals surface area contributed by atoms with Crippen LogP contribution in [-0.4, -0.2) is 23.8 Å². The van der Waals surface area contributed by atoms with Crippen molar-refractivity contribution in [3.05, 3.63) is 24.3 Å². The summed E-state index contributed by atoms with van der Waals surface area (Å²) in [5, 5.41) is 3.22. The molecule has 4 heteroatoms. The number of para-hydroxylation sites is 1. The van der Waals surface area contributed by atoms with Crippen molar-refractivity contribution in [2.75, 3.05) is 12.8 Å². The van der Waals surface area contributed by atoms with Crippen molar-refractivity contribution in [1.82, 2.24) is 10.3 Å². The molecule has 0 aliphatic heterocycles. The average Bonchev–Trinajstić information content (AvgIpc) is 2.68. The molecule has 1 aromatic heterocycles. The summed E-state index contributed by atoms with van der Waals surface area (Å²) in [5.41, 5.74) is 1.11. The Hall–Kier alpha value is -0.580. The van der Waals surface area contributed by atoms with E-state index in [4.69, 9.17) is 0 Å². The molecule has 0 aliphatic rings. The van der Waals surface area contributed by atoms with Gasteiger partial charge < -0.3 is 5.32 Å². The molecule has 15 heavy (non-hydrogen) atoms. The van der Waals surface area contributed by atoms with Crippen molar-refractivity contribution >= 4 is 33.3 Å². The fourth-order valence-corrected chi connectivity index (χ4v) is 3.32. The van der Waals surface area contributed by atoms with Gasteiger partial charge in [0, 0.05) is 11.8 Å². The van der Waals surface area contributed by atoms with E-state index in [1.54, 1.807) is 11.3 Å². The van der Waals surface area contributed by atoms with Crippen molar-refractivity contribution in [3.63, 3.8) is 0 Å². The number of hydrogen-bond acceptors (Lipinski definition) is 4. The van der Waals surface area contributed by atoms with Gasteiger partial charge in [0.2, 0.25) is 0 Å². The summed E-state index contributed by atoms with van der Waals surface area (Å²) in [4.78, 5) is 4.57. The molecule has 0 saturated heterocycles. The number of nitrogens with one attached hydrogen (secondary N) is 1. The Morgan fingerprint density at radius 3 is 3.00 bits per heavy atom. The first-order valence-electron chi connectivity index (χ1n) is 4.95. The fraction of sp³-hybridized carbons (Fsp3) is 0.364. The third-order valence-corrected chi connectivity index (χ3v) is 4.66. The molecule has 0 aliphatic carbocycles. The van der Waals surface area contributed by atoms with Crippen LogP contribution < -0.4 is 5.32 Å². The van der Waals surface area contributed by atoms with Gasteiger partial charge in [0.15, 0.2) is 4.34 Å². The molecular formula is C11H14N2S2. The predicted octanol–water partition coefficient (Wildman–Crippen LogP) is 3.00. The highest BCUT2D eigenvalue weighted by Gasteiger charge is 2.05. The van der Waals surface area contributed by atoms with Crippen molar-refractivity contribution in [3.8, 4) is 0 Å². The van der Waals surface area contributed by atoms with E-state index in [0.717, 1.165) is 11.3 Å². The molecule has 2 aromatic rings. The second-order valence-electron chi connectivity index (χ2n) is 3.45. The minimum absolute atomic E-state index is 0.530. The molecule has 0 unspecified atom stereocenters. The van der Waals surface area contributed by atoms with Crippen molar-refractivity contribution < 1.29 is 0 Å². The van der Waals surface area contributed by atoms with E-state index in [9.17, 15) is 0 Å². The molecular weight excluding hydrogens is 224 g/mol. The highest BCUT2D eigenvalue weighted by atomic mass is 32.2. The number of benzene rings is 1. The van der Waals surface area contributed by atoms with Crippen molar-refractivity contribution in [1.29, 1.82) is 0 Å². The summed E-state index contributed by atoms with van der Waals surface area (Å²) in [6, 6.07) is 8.82. The molecule has 0 amide bonds. The van der Waals surface area contributed by atoms with Gasteiger partial charge in [-0.05, 0) is 26.1 Å². The summed E-state index contributed by atoms with van der Waals surface area (Å²) >= 11 is 3.60. The molecule has 0 fully saturated rings. The Morgan fingerprint density at radius 2 is 2.27 bits per heavy atom. The zero-order valence-corrected chi connectivity index (χ0v) is 10.5. The number of aromatic nitrogens is 1. The van der Waals surface area contributed by atoms with Gasteiger partial charge in [-0.2, -0.15) is 0 Å². The lowest BCUT2D eigenvalue weighted by atomic mass is 10.3. The molecule has 2 rings (SSSR count). The summed E-state index contributed by atoms with van der Waals surface area (Å²) in [7, 11) is 1.99. The molecule has 80 valence electrons. The van der Waals surface area contributed by atoms with Gasteiger partial charge >= 0.3 is 0 Å². The van der Waals surface area contributed by atoms with E-state index in [-0.39, 0.29) is 0 Å². The molecule has 1 heterocycles. The van der Waals surface area contributed by atoms with Crippen LogP contribution in [0, 0.1) is 0 Å². The number of hydrogen-bond donors (Lipinski definition) is 1. The van der Waals surface area contributed by atoms with Crippen LogP contribution in [0.1, 0.15) is 6.92 Å². The Balaban J connectivity index is 2.09. The second-order valence-corrected chi connectivity index (χ2v) is 5.75. The smallest absolute Gasteiger partial charge is 0.151 e. The van der Waals surface area contributed by atoms with Crippen LogP contribution in [0.4, 0.5) is 0 Å². The monoisotopic (exact) mass is 238 g/mol. The first-order valence-corrected chi connectivity index (χ1v) is 6.75. The van der Waals surface area contributed by atoms with Crippen LogP contribution in [0.5, 0.6) is 0 Å². The molecule has 1 aromatic carbocycles. The van der Waals surface area contributed by atoms with Crippen LogP contribution in [0.25, 0.3) is 10.2 Å². The summed E-state index contributed by atoms with van der Waals surface area (Å²) in [5.74, 6) is 1.07. The third-order valence-electron chi connectivity index (χ3n) is 2.22. The second kappa shape index (κ2) is 4.96. The Bertz CT molecular complexity index is 406. The quantitative estimate of drug-likeness (QED) is 0.829. The maximum absolute atomic E-state index is 4.57. The molecule has 0 bridgehead atoms. The molecule has 1 N–H and O–H groups in total. The lowest BCUT2D eigenvalue weighted by Gasteiger charge is -2.06. The van der Waals surface area contributed by atoms with E-state index in [0.29, 0.717) is 6.04 Å². The highest BCUT2D eigenvalue weighted by Crippen LogP contribution is 2.29. The van der Waals surface area contributed by atoms with Crippen LogP contribution in [-0.2, 0) is 0 Å². The average molecular weight is 238 g/mol. The van der Waals surface area contributed by atoms with E-state index < -0.39 is 0 Å². The number of thioether (sulfide) groups is 1. The van der Waals surface area contributed by atoms with Gasteiger partial charge in [0.1, 0.15) is 0 Å². The normalized spacial score (nSPS) is 13.2. The predicted molar refractivity (Wildman–Crippen MR) is 68.9 cm³/mol. The van der Waals surface area contributed by atoms with Crippen molar-refractivity contribution in [2.24, 2.45) is 0 Å². The number of thiazole rings is 1. The van der Waals surface area contributed by atoms with Crippen LogP contribution in [0.15, 0.2) is 28.6 Å². The lowest BCUT2D eigenvalue weighted by molar-refractivity contribution is 0.677. The van der Waals surface area contributed by atoms with Gasteiger partial charge in [0.25, 0.3) is 0 Å².